The van der Waals surface area contributed by atoms with Gasteiger partial charge in [0.15, 0.2) is 5.69 Å². The summed E-state index contributed by atoms with van der Waals surface area (Å²) in [7, 11) is 0. The van der Waals surface area contributed by atoms with Gasteiger partial charge in [-0.2, -0.15) is 0 Å². The number of ether oxygens (including phenoxy) is 1. The Bertz CT molecular complexity index is 468. The average Bonchev–Trinajstić information content (AvgIpc) is 2.75. The summed E-state index contributed by atoms with van der Waals surface area (Å²) in [5.74, 6) is 0.0327. The zero-order valence-electron chi connectivity index (χ0n) is 12.2. The summed E-state index contributed by atoms with van der Waals surface area (Å²) in [6, 6.07) is 0. The van der Waals surface area contributed by atoms with Crippen molar-refractivity contribution in [2.24, 2.45) is 5.92 Å². The molecule has 3 N–H and O–H groups in total. The van der Waals surface area contributed by atoms with Crippen LogP contribution in [0.25, 0.3) is 0 Å². The molecular weight excluding hydrogens is 260 g/mol. The SMILES string of the molecule is CCOC(=O)c1ncn(CCC(=O)NCC(C)C)c1N. The maximum absolute atomic E-state index is 11.6. The lowest BCUT2D eigenvalue weighted by Crippen LogP contribution is -2.28. The molecule has 0 aromatic carbocycles. The molecule has 0 fully saturated rings. The highest BCUT2D eigenvalue weighted by Crippen LogP contribution is 2.12. The van der Waals surface area contributed by atoms with Gasteiger partial charge in [-0.25, -0.2) is 9.78 Å². The summed E-state index contributed by atoms with van der Waals surface area (Å²) in [5, 5.41) is 2.82. The molecule has 1 heterocycles. The summed E-state index contributed by atoms with van der Waals surface area (Å²) in [5.41, 5.74) is 5.90. The highest BCUT2D eigenvalue weighted by atomic mass is 16.5. The molecule has 7 nitrogen and oxygen atoms in total. The number of imidazole rings is 1. The molecular formula is C13H22N4O3. The Morgan fingerprint density at radius 3 is 2.80 bits per heavy atom. The van der Waals surface area contributed by atoms with E-state index in [4.69, 9.17) is 10.5 Å². The van der Waals surface area contributed by atoms with E-state index in [0.29, 0.717) is 19.0 Å². The second kappa shape index (κ2) is 7.52. The van der Waals surface area contributed by atoms with Crippen LogP contribution < -0.4 is 11.1 Å². The van der Waals surface area contributed by atoms with Crippen LogP contribution in [0.2, 0.25) is 0 Å². The molecule has 0 aliphatic rings. The van der Waals surface area contributed by atoms with Crippen LogP contribution in [0, 0.1) is 5.92 Å². The lowest BCUT2D eigenvalue weighted by molar-refractivity contribution is -0.121. The molecule has 0 bridgehead atoms. The molecule has 0 aliphatic carbocycles. The van der Waals surface area contributed by atoms with Gasteiger partial charge in [0.05, 0.1) is 12.9 Å². The number of nitrogen functional groups attached to an aromatic ring is 1. The van der Waals surface area contributed by atoms with Gasteiger partial charge >= 0.3 is 5.97 Å². The van der Waals surface area contributed by atoms with Crippen LogP contribution in [0.1, 0.15) is 37.7 Å². The lowest BCUT2D eigenvalue weighted by Gasteiger charge is -2.08. The fraction of sp³-hybridized carbons (Fsp3) is 0.615. The Hall–Kier alpha value is -2.05. The third-order valence-corrected chi connectivity index (χ3v) is 2.63. The second-order valence-electron chi connectivity index (χ2n) is 4.84. The summed E-state index contributed by atoms with van der Waals surface area (Å²) in [4.78, 5) is 27.1. The fourth-order valence-corrected chi connectivity index (χ4v) is 1.56. The predicted octanol–water partition coefficient (Wildman–Crippen LogP) is 0.804. The van der Waals surface area contributed by atoms with E-state index in [2.05, 4.69) is 10.3 Å². The number of amides is 1. The van der Waals surface area contributed by atoms with Crippen molar-refractivity contribution in [1.29, 1.82) is 0 Å². The first kappa shape index (κ1) is 16.0. The number of hydrogen-bond donors (Lipinski definition) is 2. The maximum Gasteiger partial charge on any atom is 0.360 e. The van der Waals surface area contributed by atoms with Gasteiger partial charge in [-0.05, 0) is 12.8 Å². The van der Waals surface area contributed by atoms with Crippen molar-refractivity contribution in [3.8, 4) is 0 Å². The van der Waals surface area contributed by atoms with Crippen LogP contribution in [-0.2, 0) is 16.1 Å². The summed E-state index contributed by atoms with van der Waals surface area (Å²) >= 11 is 0. The van der Waals surface area contributed by atoms with Gasteiger partial charge in [0.1, 0.15) is 5.82 Å². The highest BCUT2D eigenvalue weighted by molar-refractivity contribution is 5.92. The van der Waals surface area contributed by atoms with E-state index >= 15 is 0 Å². The van der Waals surface area contributed by atoms with Crippen molar-refractivity contribution in [2.45, 2.75) is 33.7 Å². The number of nitrogens with zero attached hydrogens (tertiary/aromatic N) is 2. The zero-order chi connectivity index (χ0) is 15.1. The fourth-order valence-electron chi connectivity index (χ4n) is 1.56. The van der Waals surface area contributed by atoms with Crippen LogP contribution >= 0.6 is 0 Å². The van der Waals surface area contributed by atoms with E-state index in [-0.39, 0.29) is 30.4 Å². The number of anilines is 1. The Kier molecular flexibility index (Phi) is 6.02. The van der Waals surface area contributed by atoms with E-state index in [9.17, 15) is 9.59 Å². The van der Waals surface area contributed by atoms with E-state index in [1.807, 2.05) is 13.8 Å². The standard InChI is InChI=1S/C13H22N4O3/c1-4-20-13(19)11-12(14)17(8-16-11)6-5-10(18)15-7-9(2)3/h8-9H,4-7,14H2,1-3H3,(H,15,18). The Morgan fingerprint density at radius 1 is 1.50 bits per heavy atom. The number of carbonyl (C=O) groups excluding carboxylic acids is 2. The summed E-state index contributed by atoms with van der Waals surface area (Å²) in [6.07, 6.45) is 1.73. The normalized spacial score (nSPS) is 10.6. The molecule has 7 heteroatoms. The minimum atomic E-state index is -0.548. The molecule has 20 heavy (non-hydrogen) atoms. The van der Waals surface area contributed by atoms with Crippen molar-refractivity contribution in [1.82, 2.24) is 14.9 Å². The van der Waals surface area contributed by atoms with E-state index in [1.165, 1.54) is 6.33 Å². The highest BCUT2D eigenvalue weighted by Gasteiger charge is 2.17. The van der Waals surface area contributed by atoms with E-state index in [1.54, 1.807) is 11.5 Å². The molecule has 112 valence electrons. The number of rotatable bonds is 7. The molecule has 0 radical (unpaired) electrons. The van der Waals surface area contributed by atoms with Crippen molar-refractivity contribution < 1.29 is 14.3 Å². The number of nitrogens with two attached hydrogens (primary N) is 1. The van der Waals surface area contributed by atoms with Gasteiger partial charge in [-0.3, -0.25) is 4.79 Å². The molecule has 1 rings (SSSR count). The van der Waals surface area contributed by atoms with Crippen LogP contribution in [0.5, 0.6) is 0 Å². The van der Waals surface area contributed by atoms with Crippen molar-refractivity contribution >= 4 is 17.7 Å². The Balaban J connectivity index is 2.53. The number of esters is 1. The van der Waals surface area contributed by atoms with Crippen molar-refractivity contribution in [3.63, 3.8) is 0 Å². The first-order chi connectivity index (χ1) is 9.45. The predicted molar refractivity (Wildman–Crippen MR) is 75.1 cm³/mol. The molecule has 0 unspecified atom stereocenters. The Labute approximate surface area is 118 Å². The number of aryl methyl sites for hydroxylation is 1. The lowest BCUT2D eigenvalue weighted by atomic mass is 10.2. The monoisotopic (exact) mass is 282 g/mol. The molecule has 1 aromatic rings. The molecule has 0 spiro atoms. The van der Waals surface area contributed by atoms with Gasteiger partial charge < -0.3 is 20.4 Å². The van der Waals surface area contributed by atoms with E-state index in [0.717, 1.165) is 0 Å². The van der Waals surface area contributed by atoms with Crippen LogP contribution in [0.3, 0.4) is 0 Å². The van der Waals surface area contributed by atoms with Crippen LogP contribution in [0.15, 0.2) is 6.33 Å². The quantitative estimate of drug-likeness (QED) is 0.721. The van der Waals surface area contributed by atoms with Gasteiger partial charge in [-0.15, -0.1) is 0 Å². The first-order valence-electron chi connectivity index (χ1n) is 6.70. The van der Waals surface area contributed by atoms with Crippen LogP contribution in [-0.4, -0.2) is 34.6 Å². The number of nitrogens with one attached hydrogen (secondary N) is 1. The molecule has 1 amide bonds. The summed E-state index contributed by atoms with van der Waals surface area (Å²) < 4.78 is 6.41. The van der Waals surface area contributed by atoms with Crippen molar-refractivity contribution in [2.75, 3.05) is 18.9 Å². The molecule has 1 aromatic heterocycles. The smallest absolute Gasteiger partial charge is 0.360 e. The van der Waals surface area contributed by atoms with Gasteiger partial charge in [0.25, 0.3) is 0 Å². The average molecular weight is 282 g/mol. The number of carbonyl (C=O) groups is 2. The topological polar surface area (TPSA) is 99.2 Å². The minimum Gasteiger partial charge on any atom is -0.461 e. The third kappa shape index (κ3) is 4.56. The molecule has 0 saturated carbocycles. The minimum absolute atomic E-state index is 0.0514. The molecule has 0 saturated heterocycles. The second-order valence-corrected chi connectivity index (χ2v) is 4.84. The zero-order valence-corrected chi connectivity index (χ0v) is 12.2. The van der Waals surface area contributed by atoms with Gasteiger partial charge in [-0.1, -0.05) is 13.8 Å². The molecule has 0 aliphatic heterocycles. The van der Waals surface area contributed by atoms with Gasteiger partial charge in [0.2, 0.25) is 5.91 Å². The Morgan fingerprint density at radius 2 is 2.20 bits per heavy atom. The third-order valence-electron chi connectivity index (χ3n) is 2.63. The van der Waals surface area contributed by atoms with Crippen molar-refractivity contribution in [3.05, 3.63) is 12.0 Å². The molecule has 0 atom stereocenters. The first-order valence-corrected chi connectivity index (χ1v) is 6.70. The van der Waals surface area contributed by atoms with Gasteiger partial charge in [0, 0.05) is 19.5 Å². The largest absolute Gasteiger partial charge is 0.461 e. The number of hydrogen-bond acceptors (Lipinski definition) is 5. The number of aromatic nitrogens is 2. The maximum atomic E-state index is 11.6. The van der Waals surface area contributed by atoms with E-state index < -0.39 is 5.97 Å². The summed E-state index contributed by atoms with van der Waals surface area (Å²) in [6.45, 7) is 7.06. The van der Waals surface area contributed by atoms with Crippen LogP contribution in [0.4, 0.5) is 5.82 Å².